The fourth-order valence-electron chi connectivity index (χ4n) is 1.96. The molecule has 1 unspecified atom stereocenters. The molecule has 1 aliphatic heterocycles. The molecule has 1 atom stereocenters. The van der Waals surface area contributed by atoms with Gasteiger partial charge in [-0.25, -0.2) is 0 Å². The van der Waals surface area contributed by atoms with Crippen LogP contribution in [-0.4, -0.2) is 29.4 Å². The minimum atomic E-state index is 0.213. The number of halogens is 1. The molecule has 1 aliphatic rings. The molecule has 0 bridgehead atoms. The summed E-state index contributed by atoms with van der Waals surface area (Å²) in [5.41, 5.74) is 0.838. The van der Waals surface area contributed by atoms with E-state index in [1.54, 1.807) is 0 Å². The first-order valence-corrected chi connectivity index (χ1v) is 5.72. The van der Waals surface area contributed by atoms with E-state index in [-0.39, 0.29) is 6.10 Å². The molecule has 2 N–H and O–H groups in total. The Morgan fingerprint density at radius 1 is 1.44 bits per heavy atom. The highest BCUT2D eigenvalue weighted by Gasteiger charge is 2.18. The van der Waals surface area contributed by atoms with Crippen molar-refractivity contribution in [2.45, 2.75) is 12.5 Å². The van der Waals surface area contributed by atoms with Gasteiger partial charge in [-0.3, -0.25) is 5.10 Å². The number of H-pyrrole nitrogens is 1. The quantitative estimate of drug-likeness (QED) is 0.840. The van der Waals surface area contributed by atoms with E-state index in [0.29, 0.717) is 10.9 Å². The van der Waals surface area contributed by atoms with Crippen molar-refractivity contribution < 1.29 is 4.74 Å². The lowest BCUT2D eigenvalue weighted by Gasteiger charge is -2.09. The highest BCUT2D eigenvalue weighted by Crippen LogP contribution is 2.28. The van der Waals surface area contributed by atoms with Crippen LogP contribution in [0.1, 0.15) is 6.42 Å². The third kappa shape index (κ3) is 1.64. The van der Waals surface area contributed by atoms with E-state index in [4.69, 9.17) is 16.3 Å². The minimum Gasteiger partial charge on any atom is -0.471 e. The van der Waals surface area contributed by atoms with Crippen molar-refractivity contribution >= 4 is 22.5 Å². The Morgan fingerprint density at radius 2 is 2.38 bits per heavy atom. The van der Waals surface area contributed by atoms with Gasteiger partial charge in [-0.05, 0) is 25.1 Å². The molecule has 3 rings (SSSR count). The fraction of sp³-hybridized carbons (Fsp3) is 0.364. The molecule has 2 aromatic rings. The van der Waals surface area contributed by atoms with Gasteiger partial charge in [0.05, 0.1) is 15.9 Å². The Morgan fingerprint density at radius 3 is 3.19 bits per heavy atom. The van der Waals surface area contributed by atoms with Gasteiger partial charge in [0.1, 0.15) is 6.10 Å². The number of nitrogens with zero attached hydrogens (tertiary/aromatic N) is 1. The van der Waals surface area contributed by atoms with Crippen LogP contribution in [0.25, 0.3) is 10.9 Å². The second-order valence-corrected chi connectivity index (χ2v) is 4.33. The smallest absolute Gasteiger partial charge is 0.240 e. The zero-order chi connectivity index (χ0) is 11.0. The van der Waals surface area contributed by atoms with Gasteiger partial charge in [0.25, 0.3) is 0 Å². The van der Waals surface area contributed by atoms with Gasteiger partial charge in [-0.1, -0.05) is 17.7 Å². The van der Waals surface area contributed by atoms with E-state index in [1.807, 2.05) is 18.2 Å². The molecule has 1 fully saturated rings. The zero-order valence-electron chi connectivity index (χ0n) is 8.66. The number of aromatic amines is 1. The van der Waals surface area contributed by atoms with E-state index in [9.17, 15) is 0 Å². The van der Waals surface area contributed by atoms with Crippen molar-refractivity contribution in [2.24, 2.45) is 0 Å². The summed E-state index contributed by atoms with van der Waals surface area (Å²) in [7, 11) is 0. The number of rotatable bonds is 2. The van der Waals surface area contributed by atoms with Crippen LogP contribution in [0.2, 0.25) is 5.02 Å². The van der Waals surface area contributed by atoms with E-state index >= 15 is 0 Å². The first kappa shape index (κ1) is 9.93. The van der Waals surface area contributed by atoms with Gasteiger partial charge in [0, 0.05) is 6.54 Å². The van der Waals surface area contributed by atoms with Crippen molar-refractivity contribution in [1.82, 2.24) is 15.5 Å². The molecule has 0 spiro atoms. The summed E-state index contributed by atoms with van der Waals surface area (Å²) in [6.45, 7) is 1.89. The van der Waals surface area contributed by atoms with Crippen LogP contribution in [0.4, 0.5) is 0 Å². The number of aromatic nitrogens is 2. The van der Waals surface area contributed by atoms with E-state index in [0.717, 1.165) is 30.4 Å². The zero-order valence-corrected chi connectivity index (χ0v) is 9.42. The number of ether oxygens (including phenoxy) is 1. The van der Waals surface area contributed by atoms with Crippen molar-refractivity contribution in [3.05, 3.63) is 23.2 Å². The predicted molar refractivity (Wildman–Crippen MR) is 63.0 cm³/mol. The average molecular weight is 238 g/mol. The van der Waals surface area contributed by atoms with Crippen LogP contribution in [0, 0.1) is 0 Å². The summed E-state index contributed by atoms with van der Waals surface area (Å²) in [5, 5.41) is 11.9. The Hall–Kier alpha value is -1.26. The molecule has 1 saturated heterocycles. The minimum absolute atomic E-state index is 0.213. The Labute approximate surface area is 97.9 Å². The average Bonchev–Trinajstić information content (AvgIpc) is 2.90. The molecule has 0 aliphatic carbocycles. The topological polar surface area (TPSA) is 49.9 Å². The van der Waals surface area contributed by atoms with Crippen LogP contribution in [0.15, 0.2) is 18.2 Å². The Bertz CT molecular complexity index is 505. The molecular formula is C11H12ClN3O. The van der Waals surface area contributed by atoms with Crippen molar-refractivity contribution in [3.8, 4) is 5.88 Å². The summed E-state index contributed by atoms with van der Waals surface area (Å²) in [6, 6.07) is 5.70. The Kier molecular flexibility index (Phi) is 2.46. The van der Waals surface area contributed by atoms with Gasteiger partial charge >= 0.3 is 0 Å². The van der Waals surface area contributed by atoms with E-state index in [1.165, 1.54) is 0 Å². The molecule has 0 radical (unpaired) electrons. The summed E-state index contributed by atoms with van der Waals surface area (Å²) >= 11 is 6.05. The maximum Gasteiger partial charge on any atom is 0.240 e. The van der Waals surface area contributed by atoms with Crippen molar-refractivity contribution in [3.63, 3.8) is 0 Å². The maximum atomic E-state index is 6.05. The molecule has 16 heavy (non-hydrogen) atoms. The molecule has 1 aromatic carbocycles. The lowest BCUT2D eigenvalue weighted by Crippen LogP contribution is -2.19. The van der Waals surface area contributed by atoms with Crippen molar-refractivity contribution in [2.75, 3.05) is 13.1 Å². The highest BCUT2D eigenvalue weighted by atomic mass is 35.5. The van der Waals surface area contributed by atoms with E-state index in [2.05, 4.69) is 15.5 Å². The number of fused-ring (bicyclic) bond motifs is 1. The molecule has 84 valence electrons. The van der Waals surface area contributed by atoms with Gasteiger partial charge in [0.15, 0.2) is 0 Å². The monoisotopic (exact) mass is 237 g/mol. The number of hydrogen-bond donors (Lipinski definition) is 2. The normalized spacial score (nSPS) is 20.4. The van der Waals surface area contributed by atoms with Crippen LogP contribution >= 0.6 is 11.6 Å². The number of hydrogen-bond acceptors (Lipinski definition) is 3. The summed E-state index contributed by atoms with van der Waals surface area (Å²) in [4.78, 5) is 0. The number of nitrogens with one attached hydrogen (secondary N) is 2. The van der Waals surface area contributed by atoms with Gasteiger partial charge < -0.3 is 10.1 Å². The first-order valence-electron chi connectivity index (χ1n) is 5.34. The lowest BCUT2D eigenvalue weighted by atomic mass is 10.2. The lowest BCUT2D eigenvalue weighted by molar-refractivity contribution is 0.216. The number of para-hydroxylation sites is 1. The first-order chi connectivity index (χ1) is 7.84. The largest absolute Gasteiger partial charge is 0.471 e. The third-order valence-electron chi connectivity index (χ3n) is 2.81. The molecule has 1 aromatic heterocycles. The molecule has 0 saturated carbocycles. The van der Waals surface area contributed by atoms with Crippen LogP contribution in [0.5, 0.6) is 5.88 Å². The molecule has 0 amide bonds. The van der Waals surface area contributed by atoms with E-state index < -0.39 is 0 Å². The van der Waals surface area contributed by atoms with Gasteiger partial charge in [-0.2, -0.15) is 0 Å². The second-order valence-electron chi connectivity index (χ2n) is 3.92. The van der Waals surface area contributed by atoms with Gasteiger partial charge in [0.2, 0.25) is 5.88 Å². The number of benzene rings is 1. The fourth-order valence-corrected chi connectivity index (χ4v) is 2.18. The summed E-state index contributed by atoms with van der Waals surface area (Å²) < 4.78 is 5.82. The molecular weight excluding hydrogens is 226 g/mol. The standard InChI is InChI=1S/C11H12ClN3O/c12-9-3-1-2-8-10(9)14-15-11(8)16-7-4-5-13-6-7/h1-3,7,13H,4-6H2,(H,14,15). The van der Waals surface area contributed by atoms with Crippen molar-refractivity contribution in [1.29, 1.82) is 0 Å². The predicted octanol–water partition coefficient (Wildman–Crippen LogP) is 1.96. The van der Waals surface area contributed by atoms with Crippen LogP contribution < -0.4 is 10.1 Å². The molecule has 2 heterocycles. The summed E-state index contributed by atoms with van der Waals surface area (Å²) in [5.74, 6) is 0.645. The van der Waals surface area contributed by atoms with Crippen LogP contribution in [-0.2, 0) is 0 Å². The second kappa shape index (κ2) is 3.96. The molecule has 4 nitrogen and oxygen atoms in total. The molecule has 5 heteroatoms. The maximum absolute atomic E-state index is 6.05. The van der Waals surface area contributed by atoms with Crippen LogP contribution in [0.3, 0.4) is 0 Å². The highest BCUT2D eigenvalue weighted by molar-refractivity contribution is 6.35. The van der Waals surface area contributed by atoms with Gasteiger partial charge in [-0.15, -0.1) is 5.10 Å². The SMILES string of the molecule is Clc1cccc2c(OC3CCNC3)n[nH]c12. The Balaban J connectivity index is 1.94. The third-order valence-corrected chi connectivity index (χ3v) is 3.12. The summed E-state index contributed by atoms with van der Waals surface area (Å²) in [6.07, 6.45) is 1.24.